The average molecular weight is 221 g/mol. The molecule has 0 unspecified atom stereocenters. The first-order valence-corrected chi connectivity index (χ1v) is 5.81. The summed E-state index contributed by atoms with van der Waals surface area (Å²) in [6.45, 7) is 4.17. The van der Waals surface area contributed by atoms with E-state index in [1.54, 1.807) is 17.8 Å². The molecule has 0 aliphatic heterocycles. The van der Waals surface area contributed by atoms with Gasteiger partial charge in [-0.1, -0.05) is 32.0 Å². The summed E-state index contributed by atoms with van der Waals surface area (Å²) >= 11 is 1.63. The Morgan fingerprint density at radius 3 is 2.60 bits per heavy atom. The van der Waals surface area contributed by atoms with Crippen LogP contribution in [0, 0.1) is 0 Å². The summed E-state index contributed by atoms with van der Waals surface area (Å²) in [7, 11) is 0. The van der Waals surface area contributed by atoms with E-state index < -0.39 is 0 Å². The van der Waals surface area contributed by atoms with Gasteiger partial charge in [0.25, 0.3) is 0 Å². The van der Waals surface area contributed by atoms with Gasteiger partial charge in [0.15, 0.2) is 0 Å². The van der Waals surface area contributed by atoms with Crippen LogP contribution in [0.4, 0.5) is 5.69 Å². The van der Waals surface area contributed by atoms with E-state index in [0.29, 0.717) is 5.25 Å². The number of para-hydroxylation sites is 1. The quantitative estimate of drug-likeness (QED) is 0.790. The molecule has 0 saturated carbocycles. The first-order valence-electron chi connectivity index (χ1n) is 4.86. The third-order valence-electron chi connectivity index (χ3n) is 1.61. The largest absolute Gasteiger partial charge is 0.322 e. The van der Waals surface area contributed by atoms with Gasteiger partial charge in [0.05, 0.1) is 0 Å². The van der Waals surface area contributed by atoms with Gasteiger partial charge in [-0.2, -0.15) is 0 Å². The second-order valence-electron chi connectivity index (χ2n) is 3.34. The molecule has 0 aliphatic carbocycles. The van der Waals surface area contributed by atoms with E-state index in [9.17, 15) is 4.79 Å². The van der Waals surface area contributed by atoms with Gasteiger partial charge in [0.1, 0.15) is 0 Å². The molecule has 0 saturated heterocycles. The number of amides is 1. The second-order valence-corrected chi connectivity index (χ2v) is 4.83. The van der Waals surface area contributed by atoms with Crippen LogP contribution in [0.15, 0.2) is 41.8 Å². The van der Waals surface area contributed by atoms with Crippen molar-refractivity contribution in [2.45, 2.75) is 19.1 Å². The number of anilines is 1. The lowest BCUT2D eigenvalue weighted by atomic mass is 10.3. The maximum absolute atomic E-state index is 11.4. The van der Waals surface area contributed by atoms with Gasteiger partial charge in [0, 0.05) is 17.0 Å². The maximum Gasteiger partial charge on any atom is 0.248 e. The van der Waals surface area contributed by atoms with E-state index in [0.717, 1.165) is 5.69 Å². The van der Waals surface area contributed by atoms with Crippen molar-refractivity contribution in [3.8, 4) is 0 Å². The average Bonchev–Trinajstić information content (AvgIpc) is 2.18. The minimum absolute atomic E-state index is 0.0886. The summed E-state index contributed by atoms with van der Waals surface area (Å²) in [4.78, 5) is 11.4. The fourth-order valence-electron chi connectivity index (χ4n) is 0.964. The lowest BCUT2D eigenvalue weighted by Crippen LogP contribution is -2.07. The molecule has 0 radical (unpaired) electrons. The van der Waals surface area contributed by atoms with E-state index in [2.05, 4.69) is 19.2 Å². The Bertz CT molecular complexity index is 333. The number of hydrogen-bond donors (Lipinski definition) is 1. The normalized spacial score (nSPS) is 10.9. The SMILES string of the molecule is CC(C)S/C=C/C(=O)Nc1ccccc1. The van der Waals surface area contributed by atoms with Crippen molar-refractivity contribution in [1.82, 2.24) is 0 Å². The highest BCUT2D eigenvalue weighted by molar-refractivity contribution is 8.02. The van der Waals surface area contributed by atoms with Gasteiger partial charge >= 0.3 is 0 Å². The number of carbonyl (C=O) groups excluding carboxylic acids is 1. The molecule has 0 spiro atoms. The topological polar surface area (TPSA) is 29.1 Å². The monoisotopic (exact) mass is 221 g/mol. The molecule has 1 rings (SSSR count). The van der Waals surface area contributed by atoms with Crippen molar-refractivity contribution >= 4 is 23.4 Å². The van der Waals surface area contributed by atoms with Crippen LogP contribution in [0.3, 0.4) is 0 Å². The molecule has 1 N–H and O–H groups in total. The van der Waals surface area contributed by atoms with Gasteiger partial charge in [-0.3, -0.25) is 4.79 Å². The third-order valence-corrected chi connectivity index (χ3v) is 2.45. The second kappa shape index (κ2) is 6.30. The number of rotatable bonds is 4. The maximum atomic E-state index is 11.4. The number of carbonyl (C=O) groups is 1. The van der Waals surface area contributed by atoms with Gasteiger partial charge in [-0.25, -0.2) is 0 Å². The van der Waals surface area contributed by atoms with E-state index in [-0.39, 0.29) is 5.91 Å². The summed E-state index contributed by atoms with van der Waals surface area (Å²) < 4.78 is 0. The zero-order chi connectivity index (χ0) is 11.1. The first-order chi connectivity index (χ1) is 7.18. The molecule has 3 heteroatoms. The van der Waals surface area contributed by atoms with Crippen LogP contribution in [0.2, 0.25) is 0 Å². The summed E-state index contributed by atoms with van der Waals surface area (Å²) in [5.41, 5.74) is 0.821. The molecule has 2 nitrogen and oxygen atoms in total. The molecule has 15 heavy (non-hydrogen) atoms. The number of hydrogen-bond acceptors (Lipinski definition) is 2. The Morgan fingerprint density at radius 2 is 2.00 bits per heavy atom. The van der Waals surface area contributed by atoms with Crippen molar-refractivity contribution in [3.05, 3.63) is 41.8 Å². The molecule has 1 aromatic rings. The molecule has 1 aromatic carbocycles. The van der Waals surface area contributed by atoms with Crippen LogP contribution in [-0.4, -0.2) is 11.2 Å². The third kappa shape index (κ3) is 5.27. The van der Waals surface area contributed by atoms with Crippen molar-refractivity contribution in [2.75, 3.05) is 5.32 Å². The van der Waals surface area contributed by atoms with Crippen LogP contribution in [-0.2, 0) is 4.79 Å². The van der Waals surface area contributed by atoms with Gasteiger partial charge in [-0.15, -0.1) is 11.8 Å². The Hall–Kier alpha value is -1.22. The van der Waals surface area contributed by atoms with Crippen LogP contribution in [0.1, 0.15) is 13.8 Å². The molecule has 0 fully saturated rings. The van der Waals surface area contributed by atoms with Gasteiger partial charge in [-0.05, 0) is 17.5 Å². The van der Waals surface area contributed by atoms with Crippen LogP contribution in [0.5, 0.6) is 0 Å². The van der Waals surface area contributed by atoms with Gasteiger partial charge in [0.2, 0.25) is 5.91 Å². The fraction of sp³-hybridized carbons (Fsp3) is 0.250. The van der Waals surface area contributed by atoms with E-state index in [1.807, 2.05) is 35.7 Å². The van der Waals surface area contributed by atoms with Gasteiger partial charge < -0.3 is 5.32 Å². The first kappa shape index (κ1) is 11.9. The molecule has 1 amide bonds. The van der Waals surface area contributed by atoms with Crippen molar-refractivity contribution in [2.24, 2.45) is 0 Å². The minimum Gasteiger partial charge on any atom is -0.322 e. The molecular formula is C12H15NOS. The molecular weight excluding hydrogens is 206 g/mol. The lowest BCUT2D eigenvalue weighted by molar-refractivity contribution is -0.111. The molecule has 0 aliphatic rings. The Kier molecular flexibility index (Phi) is 4.98. The predicted molar refractivity (Wildman–Crippen MR) is 66.9 cm³/mol. The fourth-order valence-corrected chi connectivity index (χ4v) is 1.48. The highest BCUT2D eigenvalue weighted by Crippen LogP contribution is 2.10. The molecule has 0 aromatic heterocycles. The highest BCUT2D eigenvalue weighted by Gasteiger charge is 1.96. The summed E-state index contributed by atoms with van der Waals surface area (Å²) in [6.07, 6.45) is 1.55. The zero-order valence-electron chi connectivity index (χ0n) is 8.94. The Balaban J connectivity index is 2.40. The standard InChI is InChI=1S/C12H15NOS/c1-10(2)15-9-8-12(14)13-11-6-4-3-5-7-11/h3-10H,1-2H3,(H,13,14)/b9-8+. The number of nitrogens with one attached hydrogen (secondary N) is 1. The Labute approximate surface area is 94.8 Å². The van der Waals surface area contributed by atoms with Crippen LogP contribution in [0.25, 0.3) is 0 Å². The van der Waals surface area contributed by atoms with E-state index in [4.69, 9.17) is 0 Å². The number of benzene rings is 1. The highest BCUT2D eigenvalue weighted by atomic mass is 32.2. The van der Waals surface area contributed by atoms with Crippen LogP contribution < -0.4 is 5.32 Å². The smallest absolute Gasteiger partial charge is 0.248 e. The minimum atomic E-state index is -0.0886. The molecule has 0 atom stereocenters. The Morgan fingerprint density at radius 1 is 1.33 bits per heavy atom. The summed E-state index contributed by atoms with van der Waals surface area (Å²) in [5, 5.41) is 5.10. The molecule has 80 valence electrons. The van der Waals surface area contributed by atoms with Crippen LogP contribution >= 0.6 is 11.8 Å². The van der Waals surface area contributed by atoms with Crippen molar-refractivity contribution < 1.29 is 4.79 Å². The van der Waals surface area contributed by atoms with E-state index in [1.165, 1.54) is 0 Å². The van der Waals surface area contributed by atoms with Crippen molar-refractivity contribution in [1.29, 1.82) is 0 Å². The molecule has 0 bridgehead atoms. The van der Waals surface area contributed by atoms with E-state index >= 15 is 0 Å². The summed E-state index contributed by atoms with van der Waals surface area (Å²) in [6, 6.07) is 9.42. The number of thioether (sulfide) groups is 1. The lowest BCUT2D eigenvalue weighted by Gasteiger charge is -2.01. The van der Waals surface area contributed by atoms with Crippen molar-refractivity contribution in [3.63, 3.8) is 0 Å². The predicted octanol–water partition coefficient (Wildman–Crippen LogP) is 3.28. The molecule has 0 heterocycles. The summed E-state index contributed by atoms with van der Waals surface area (Å²) in [5.74, 6) is -0.0886. The zero-order valence-corrected chi connectivity index (χ0v) is 9.75.